The fourth-order valence-electron chi connectivity index (χ4n) is 2.28. The van der Waals surface area contributed by atoms with E-state index in [1.165, 1.54) is 0 Å². The summed E-state index contributed by atoms with van der Waals surface area (Å²) >= 11 is 0. The molecule has 0 radical (unpaired) electrons. The average molecular weight is 331 g/mol. The molecule has 1 aromatic rings. The van der Waals surface area contributed by atoms with Gasteiger partial charge in [0.15, 0.2) is 23.2 Å². The fourth-order valence-corrected chi connectivity index (χ4v) is 2.28. The SMILES string of the molecule is CC(C)(C)OC(=O)N1CC[C@@H](COc2cc(F)c(F)cc2F)C1. The Kier molecular flexibility index (Phi) is 5.06. The summed E-state index contributed by atoms with van der Waals surface area (Å²) < 4.78 is 49.9. The van der Waals surface area contributed by atoms with Gasteiger partial charge in [-0.05, 0) is 27.2 Å². The predicted molar refractivity (Wildman–Crippen MR) is 77.7 cm³/mol. The average Bonchev–Trinajstić information content (AvgIpc) is 2.88. The number of carbonyl (C=O) groups excluding carboxylic acids is 1. The zero-order chi connectivity index (χ0) is 17.2. The highest BCUT2D eigenvalue weighted by molar-refractivity contribution is 5.68. The van der Waals surface area contributed by atoms with E-state index in [2.05, 4.69) is 0 Å². The van der Waals surface area contributed by atoms with Gasteiger partial charge >= 0.3 is 6.09 Å². The number of amides is 1. The molecule has 0 N–H and O–H groups in total. The van der Waals surface area contributed by atoms with Crippen molar-refractivity contribution in [2.24, 2.45) is 5.92 Å². The van der Waals surface area contributed by atoms with E-state index < -0.39 is 29.1 Å². The van der Waals surface area contributed by atoms with Crippen LogP contribution < -0.4 is 4.74 Å². The highest BCUT2D eigenvalue weighted by Crippen LogP contribution is 2.24. The summed E-state index contributed by atoms with van der Waals surface area (Å²) in [7, 11) is 0. The second-order valence-electron chi connectivity index (χ2n) is 6.59. The van der Waals surface area contributed by atoms with Crippen molar-refractivity contribution >= 4 is 6.09 Å². The van der Waals surface area contributed by atoms with E-state index in [4.69, 9.17) is 9.47 Å². The molecule has 1 atom stereocenters. The maximum atomic E-state index is 13.5. The van der Waals surface area contributed by atoms with Gasteiger partial charge in [0.1, 0.15) is 5.60 Å². The molecule has 2 rings (SSSR count). The molecule has 128 valence electrons. The molecule has 4 nitrogen and oxygen atoms in total. The van der Waals surface area contributed by atoms with Crippen LogP contribution in [0.15, 0.2) is 12.1 Å². The number of halogens is 3. The molecule has 1 heterocycles. The number of hydrogen-bond acceptors (Lipinski definition) is 3. The second kappa shape index (κ2) is 6.68. The summed E-state index contributed by atoms with van der Waals surface area (Å²) in [5.74, 6) is -3.73. The van der Waals surface area contributed by atoms with Crippen LogP contribution in [-0.2, 0) is 4.74 Å². The van der Waals surface area contributed by atoms with Gasteiger partial charge in [0, 0.05) is 31.1 Å². The second-order valence-corrected chi connectivity index (χ2v) is 6.59. The summed E-state index contributed by atoms with van der Waals surface area (Å²) in [6.07, 6.45) is 0.267. The molecule has 0 saturated carbocycles. The van der Waals surface area contributed by atoms with Crippen molar-refractivity contribution in [1.29, 1.82) is 0 Å². The summed E-state index contributed by atoms with van der Waals surface area (Å²) in [5, 5.41) is 0. The fraction of sp³-hybridized carbons (Fsp3) is 0.562. The van der Waals surface area contributed by atoms with Crippen LogP contribution in [0.2, 0.25) is 0 Å². The molecule has 0 unspecified atom stereocenters. The van der Waals surface area contributed by atoms with E-state index in [0.717, 1.165) is 0 Å². The maximum Gasteiger partial charge on any atom is 0.410 e. The third kappa shape index (κ3) is 4.77. The Morgan fingerprint density at radius 2 is 1.87 bits per heavy atom. The third-order valence-electron chi connectivity index (χ3n) is 3.39. The Bertz CT molecular complexity index is 587. The Morgan fingerprint density at radius 1 is 1.22 bits per heavy atom. The molecule has 7 heteroatoms. The number of benzene rings is 1. The monoisotopic (exact) mass is 331 g/mol. The van der Waals surface area contributed by atoms with Gasteiger partial charge in [0.25, 0.3) is 0 Å². The molecular weight excluding hydrogens is 311 g/mol. The minimum atomic E-state index is -1.26. The largest absolute Gasteiger partial charge is 0.490 e. The van der Waals surface area contributed by atoms with E-state index in [1.54, 1.807) is 25.7 Å². The van der Waals surface area contributed by atoms with Crippen LogP contribution >= 0.6 is 0 Å². The minimum absolute atomic E-state index is 0.0185. The van der Waals surface area contributed by atoms with Crippen molar-refractivity contribution in [1.82, 2.24) is 4.90 Å². The van der Waals surface area contributed by atoms with Crippen LogP contribution in [0.3, 0.4) is 0 Å². The quantitative estimate of drug-likeness (QED) is 0.792. The predicted octanol–water partition coefficient (Wildman–Crippen LogP) is 3.74. The highest BCUT2D eigenvalue weighted by atomic mass is 19.2. The maximum absolute atomic E-state index is 13.5. The van der Waals surface area contributed by atoms with Crippen LogP contribution in [0.25, 0.3) is 0 Å². The molecule has 0 aromatic heterocycles. The minimum Gasteiger partial charge on any atom is -0.490 e. The molecule has 1 aliphatic rings. The van der Waals surface area contributed by atoms with Gasteiger partial charge in [-0.3, -0.25) is 0 Å². The molecule has 0 bridgehead atoms. The van der Waals surface area contributed by atoms with Gasteiger partial charge in [-0.2, -0.15) is 0 Å². The lowest BCUT2D eigenvalue weighted by Gasteiger charge is -2.24. The zero-order valence-electron chi connectivity index (χ0n) is 13.4. The zero-order valence-corrected chi connectivity index (χ0v) is 13.4. The van der Waals surface area contributed by atoms with E-state index in [9.17, 15) is 18.0 Å². The van der Waals surface area contributed by atoms with Gasteiger partial charge in [0.2, 0.25) is 0 Å². The van der Waals surface area contributed by atoms with E-state index >= 15 is 0 Å². The van der Waals surface area contributed by atoms with Gasteiger partial charge in [-0.15, -0.1) is 0 Å². The summed E-state index contributed by atoms with van der Waals surface area (Å²) in [5.41, 5.74) is -0.569. The van der Waals surface area contributed by atoms with Crippen LogP contribution in [-0.4, -0.2) is 36.3 Å². The standard InChI is InChI=1S/C16H20F3NO3/c1-16(2,3)23-15(21)20-5-4-10(8-20)9-22-14-7-12(18)11(17)6-13(14)19/h6-7,10H,4-5,8-9H2,1-3H3/t10-/m1/s1. The van der Waals surface area contributed by atoms with Crippen molar-refractivity contribution in [3.8, 4) is 5.75 Å². The Labute approximate surface area is 133 Å². The molecule has 1 saturated heterocycles. The number of carbonyl (C=O) groups is 1. The Balaban J connectivity index is 1.87. The van der Waals surface area contributed by atoms with Gasteiger partial charge < -0.3 is 14.4 Å². The molecular formula is C16H20F3NO3. The number of nitrogens with zero attached hydrogens (tertiary/aromatic N) is 1. The molecule has 23 heavy (non-hydrogen) atoms. The van der Waals surface area contributed by atoms with Crippen LogP contribution in [0.1, 0.15) is 27.2 Å². The van der Waals surface area contributed by atoms with Crippen LogP contribution in [0.5, 0.6) is 5.75 Å². The Hall–Kier alpha value is -1.92. The summed E-state index contributed by atoms with van der Waals surface area (Å²) in [6.45, 7) is 6.40. The topological polar surface area (TPSA) is 38.8 Å². The molecule has 1 amide bonds. The number of rotatable bonds is 3. The number of likely N-dealkylation sites (tertiary alicyclic amines) is 1. The van der Waals surface area contributed by atoms with Crippen molar-refractivity contribution in [2.75, 3.05) is 19.7 Å². The number of hydrogen-bond donors (Lipinski definition) is 0. The lowest BCUT2D eigenvalue weighted by molar-refractivity contribution is 0.0284. The highest BCUT2D eigenvalue weighted by Gasteiger charge is 2.30. The summed E-state index contributed by atoms with van der Waals surface area (Å²) in [4.78, 5) is 13.5. The lowest BCUT2D eigenvalue weighted by Crippen LogP contribution is -2.35. The van der Waals surface area contributed by atoms with Gasteiger partial charge in [-0.1, -0.05) is 0 Å². The number of ether oxygens (including phenoxy) is 2. The first-order chi connectivity index (χ1) is 10.7. The van der Waals surface area contributed by atoms with E-state index in [1.807, 2.05) is 0 Å². The smallest absolute Gasteiger partial charge is 0.410 e. The van der Waals surface area contributed by atoms with Gasteiger partial charge in [0.05, 0.1) is 6.61 Å². The van der Waals surface area contributed by atoms with Gasteiger partial charge in [-0.25, -0.2) is 18.0 Å². The molecule has 1 aromatic carbocycles. The van der Waals surface area contributed by atoms with Crippen molar-refractivity contribution in [3.05, 3.63) is 29.6 Å². The van der Waals surface area contributed by atoms with Crippen LogP contribution in [0.4, 0.5) is 18.0 Å². The van der Waals surface area contributed by atoms with E-state index in [-0.39, 0.29) is 18.3 Å². The van der Waals surface area contributed by atoms with Crippen molar-refractivity contribution in [3.63, 3.8) is 0 Å². The third-order valence-corrected chi connectivity index (χ3v) is 3.39. The van der Waals surface area contributed by atoms with E-state index in [0.29, 0.717) is 31.6 Å². The van der Waals surface area contributed by atoms with Crippen molar-refractivity contribution in [2.45, 2.75) is 32.8 Å². The first kappa shape index (κ1) is 17.4. The normalized spacial score (nSPS) is 18.2. The molecule has 1 fully saturated rings. The molecule has 0 aliphatic carbocycles. The van der Waals surface area contributed by atoms with Crippen molar-refractivity contribution < 1.29 is 27.4 Å². The molecule has 0 spiro atoms. The Morgan fingerprint density at radius 3 is 2.52 bits per heavy atom. The molecule has 1 aliphatic heterocycles. The first-order valence-corrected chi connectivity index (χ1v) is 7.41. The van der Waals surface area contributed by atoms with Crippen LogP contribution in [0, 0.1) is 23.4 Å². The summed E-state index contributed by atoms with van der Waals surface area (Å²) in [6, 6.07) is 1.14. The first-order valence-electron chi connectivity index (χ1n) is 7.41. The lowest BCUT2D eigenvalue weighted by atomic mass is 10.1.